The summed E-state index contributed by atoms with van der Waals surface area (Å²) in [6.07, 6.45) is 6.48. The second-order valence-electron chi connectivity index (χ2n) is 6.67. The molecule has 0 radical (unpaired) electrons. The van der Waals surface area contributed by atoms with E-state index < -0.39 is 11.5 Å². The largest absolute Gasteiger partial charge is 0.480 e. The maximum Gasteiger partial charge on any atom is 0.324 e. The third-order valence-electron chi connectivity index (χ3n) is 4.75. The maximum absolute atomic E-state index is 11.8. The Bertz CT molecular complexity index is 328. The lowest BCUT2D eigenvalue weighted by Gasteiger charge is -2.35. The quantitative estimate of drug-likeness (QED) is 0.742. The summed E-state index contributed by atoms with van der Waals surface area (Å²) in [6.45, 7) is 5.11. The Labute approximate surface area is 116 Å². The Morgan fingerprint density at radius 1 is 1.42 bits per heavy atom. The van der Waals surface area contributed by atoms with Crippen LogP contribution in [0.25, 0.3) is 0 Å². The van der Waals surface area contributed by atoms with E-state index in [1.54, 1.807) is 0 Å². The molecule has 2 N–H and O–H groups in total. The van der Waals surface area contributed by atoms with Crippen molar-refractivity contribution in [1.82, 2.24) is 10.2 Å². The number of hydrogen-bond acceptors (Lipinski definition) is 3. The van der Waals surface area contributed by atoms with Crippen LogP contribution in [0.2, 0.25) is 0 Å². The molecule has 0 amide bonds. The van der Waals surface area contributed by atoms with Crippen molar-refractivity contribution in [3.63, 3.8) is 0 Å². The molecule has 0 aromatic heterocycles. The molecule has 2 unspecified atom stereocenters. The Morgan fingerprint density at radius 2 is 2.11 bits per heavy atom. The van der Waals surface area contributed by atoms with Crippen molar-refractivity contribution in [2.45, 2.75) is 70.0 Å². The van der Waals surface area contributed by atoms with Crippen LogP contribution in [0.1, 0.15) is 52.4 Å². The lowest BCUT2D eigenvalue weighted by Crippen LogP contribution is -2.57. The number of aliphatic carboxylic acids is 1. The lowest BCUT2D eigenvalue weighted by molar-refractivity contribution is -0.147. The zero-order chi connectivity index (χ0) is 14.0. The summed E-state index contributed by atoms with van der Waals surface area (Å²) in [5.41, 5.74) is -0.682. The first-order valence-corrected chi connectivity index (χ1v) is 7.67. The van der Waals surface area contributed by atoms with Crippen molar-refractivity contribution in [3.8, 4) is 0 Å². The predicted octanol–water partition coefficient (Wildman–Crippen LogP) is 2.09. The van der Waals surface area contributed by atoms with Crippen LogP contribution in [0.15, 0.2) is 0 Å². The molecule has 2 aliphatic carbocycles. The highest BCUT2D eigenvalue weighted by atomic mass is 16.4. The maximum atomic E-state index is 11.8. The standard InChI is InChI=1S/C15H28N2O2/c1-11(2)16-15(14(18)19)9-4-5-12(15)8-10-17(3)13-6-7-13/h11-13,16H,4-10H2,1-3H3,(H,18,19). The molecule has 0 aromatic carbocycles. The molecule has 0 spiro atoms. The first kappa shape index (κ1) is 14.8. The van der Waals surface area contributed by atoms with Gasteiger partial charge in [0.1, 0.15) is 5.54 Å². The molecule has 2 aliphatic rings. The second-order valence-corrected chi connectivity index (χ2v) is 6.67. The fourth-order valence-corrected chi connectivity index (χ4v) is 3.57. The van der Waals surface area contributed by atoms with Crippen LogP contribution in [0.5, 0.6) is 0 Å². The van der Waals surface area contributed by atoms with E-state index in [9.17, 15) is 9.90 Å². The first-order chi connectivity index (χ1) is 8.95. The van der Waals surface area contributed by atoms with Crippen molar-refractivity contribution in [1.29, 1.82) is 0 Å². The first-order valence-electron chi connectivity index (χ1n) is 7.67. The van der Waals surface area contributed by atoms with Crippen LogP contribution in [-0.2, 0) is 4.79 Å². The minimum Gasteiger partial charge on any atom is -0.480 e. The van der Waals surface area contributed by atoms with E-state index in [1.165, 1.54) is 12.8 Å². The highest BCUT2D eigenvalue weighted by Crippen LogP contribution is 2.39. The molecule has 0 heterocycles. The molecule has 0 bridgehead atoms. The van der Waals surface area contributed by atoms with Gasteiger partial charge in [0, 0.05) is 12.1 Å². The number of carboxylic acids is 1. The molecular formula is C15H28N2O2. The van der Waals surface area contributed by atoms with Crippen LogP contribution in [0, 0.1) is 5.92 Å². The summed E-state index contributed by atoms with van der Waals surface area (Å²) in [4.78, 5) is 14.2. The molecule has 0 aromatic rings. The third kappa shape index (κ3) is 3.29. The monoisotopic (exact) mass is 268 g/mol. The van der Waals surface area contributed by atoms with E-state index in [2.05, 4.69) is 17.3 Å². The zero-order valence-corrected chi connectivity index (χ0v) is 12.5. The van der Waals surface area contributed by atoms with Crippen molar-refractivity contribution in [2.24, 2.45) is 5.92 Å². The van der Waals surface area contributed by atoms with Gasteiger partial charge in [-0.2, -0.15) is 0 Å². The van der Waals surface area contributed by atoms with E-state index in [4.69, 9.17) is 0 Å². The summed E-state index contributed by atoms with van der Waals surface area (Å²) < 4.78 is 0. The van der Waals surface area contributed by atoms with E-state index in [0.29, 0.717) is 0 Å². The van der Waals surface area contributed by atoms with Gasteiger partial charge < -0.3 is 10.0 Å². The van der Waals surface area contributed by atoms with Gasteiger partial charge in [-0.05, 0) is 65.5 Å². The third-order valence-corrected chi connectivity index (χ3v) is 4.75. The van der Waals surface area contributed by atoms with Crippen LogP contribution in [-0.4, -0.2) is 47.2 Å². The predicted molar refractivity (Wildman–Crippen MR) is 76.2 cm³/mol. The minimum absolute atomic E-state index is 0.220. The fourth-order valence-electron chi connectivity index (χ4n) is 3.57. The van der Waals surface area contributed by atoms with E-state index >= 15 is 0 Å². The van der Waals surface area contributed by atoms with Crippen molar-refractivity contribution < 1.29 is 9.90 Å². The zero-order valence-electron chi connectivity index (χ0n) is 12.5. The van der Waals surface area contributed by atoms with Crippen LogP contribution in [0.4, 0.5) is 0 Å². The second kappa shape index (κ2) is 5.80. The summed E-state index contributed by atoms with van der Waals surface area (Å²) in [5.74, 6) is -0.383. The molecule has 4 heteroatoms. The topological polar surface area (TPSA) is 52.6 Å². The van der Waals surface area contributed by atoms with E-state index in [-0.39, 0.29) is 12.0 Å². The Kier molecular flexibility index (Phi) is 4.51. The van der Waals surface area contributed by atoms with Gasteiger partial charge >= 0.3 is 5.97 Å². The molecule has 2 atom stereocenters. The van der Waals surface area contributed by atoms with Gasteiger partial charge in [-0.25, -0.2) is 0 Å². The number of carboxylic acid groups (broad SMARTS) is 1. The average molecular weight is 268 g/mol. The van der Waals surface area contributed by atoms with Gasteiger partial charge in [0.05, 0.1) is 0 Å². The Balaban J connectivity index is 1.97. The molecule has 2 fully saturated rings. The minimum atomic E-state index is -0.682. The van der Waals surface area contributed by atoms with Gasteiger partial charge in [0.25, 0.3) is 0 Å². The molecule has 4 nitrogen and oxygen atoms in total. The Morgan fingerprint density at radius 3 is 2.63 bits per heavy atom. The summed E-state index contributed by atoms with van der Waals surface area (Å²) in [7, 11) is 2.17. The molecule has 2 saturated carbocycles. The van der Waals surface area contributed by atoms with Crippen LogP contribution >= 0.6 is 0 Å². The Hall–Kier alpha value is -0.610. The normalized spacial score (nSPS) is 31.3. The number of nitrogens with zero attached hydrogens (tertiary/aromatic N) is 1. The van der Waals surface area contributed by atoms with Gasteiger partial charge in [0.15, 0.2) is 0 Å². The van der Waals surface area contributed by atoms with Crippen molar-refractivity contribution >= 4 is 5.97 Å². The summed E-state index contributed by atoms with van der Waals surface area (Å²) in [6, 6.07) is 0.983. The average Bonchev–Trinajstić information content (AvgIpc) is 3.09. The van der Waals surface area contributed by atoms with E-state index in [1.807, 2.05) is 13.8 Å². The molecule has 0 saturated heterocycles. The molecule has 0 aliphatic heterocycles. The highest BCUT2D eigenvalue weighted by molar-refractivity contribution is 5.79. The lowest BCUT2D eigenvalue weighted by atomic mass is 9.83. The van der Waals surface area contributed by atoms with Crippen LogP contribution < -0.4 is 5.32 Å². The number of nitrogens with one attached hydrogen (secondary N) is 1. The van der Waals surface area contributed by atoms with Gasteiger partial charge in [-0.1, -0.05) is 6.42 Å². The van der Waals surface area contributed by atoms with Gasteiger partial charge in [0.2, 0.25) is 0 Å². The molecular weight excluding hydrogens is 240 g/mol. The number of carbonyl (C=O) groups is 1. The van der Waals surface area contributed by atoms with Crippen molar-refractivity contribution in [2.75, 3.05) is 13.6 Å². The van der Waals surface area contributed by atoms with Crippen molar-refractivity contribution in [3.05, 3.63) is 0 Å². The number of hydrogen-bond donors (Lipinski definition) is 2. The molecule has 110 valence electrons. The fraction of sp³-hybridized carbons (Fsp3) is 0.933. The molecule has 19 heavy (non-hydrogen) atoms. The highest BCUT2D eigenvalue weighted by Gasteiger charge is 2.49. The SMILES string of the molecule is CC(C)NC1(C(=O)O)CCCC1CCN(C)C1CC1. The van der Waals surface area contributed by atoms with Crippen LogP contribution in [0.3, 0.4) is 0 Å². The van der Waals surface area contributed by atoms with E-state index in [0.717, 1.165) is 38.3 Å². The summed E-state index contributed by atoms with van der Waals surface area (Å²) in [5, 5.41) is 13.0. The summed E-state index contributed by atoms with van der Waals surface area (Å²) >= 11 is 0. The molecule has 2 rings (SSSR count). The van der Waals surface area contributed by atoms with Gasteiger partial charge in [-0.3, -0.25) is 10.1 Å². The van der Waals surface area contributed by atoms with Gasteiger partial charge in [-0.15, -0.1) is 0 Å². The smallest absolute Gasteiger partial charge is 0.324 e. The number of rotatable bonds is 7.